The zero-order valence-corrected chi connectivity index (χ0v) is 12.4. The highest BCUT2D eigenvalue weighted by Gasteiger charge is 2.06. The average Bonchev–Trinajstić information content (AvgIpc) is 2.43. The topological polar surface area (TPSA) is 62.8 Å². The fourth-order valence-corrected chi connectivity index (χ4v) is 2.66. The summed E-state index contributed by atoms with van der Waals surface area (Å²) in [5.74, 6) is 0.317. The Kier molecular flexibility index (Phi) is 5.27. The van der Waals surface area contributed by atoms with E-state index in [9.17, 15) is 14.0 Å². The Labute approximate surface area is 125 Å². The van der Waals surface area contributed by atoms with Crippen LogP contribution in [0, 0.1) is 12.7 Å². The van der Waals surface area contributed by atoms with Crippen molar-refractivity contribution >= 4 is 17.5 Å². The van der Waals surface area contributed by atoms with Crippen molar-refractivity contribution in [2.24, 2.45) is 0 Å². The Morgan fingerprint density at radius 3 is 2.71 bits per heavy atom. The molecule has 0 aliphatic heterocycles. The van der Waals surface area contributed by atoms with Gasteiger partial charge in [-0.15, -0.1) is 0 Å². The number of hydrogen-bond donors (Lipinski definition) is 1. The van der Waals surface area contributed by atoms with Gasteiger partial charge in [0, 0.05) is 29.5 Å². The molecule has 2 rings (SSSR count). The number of ketones is 1. The fraction of sp³-hybridized carbons (Fsp3) is 0.267. The summed E-state index contributed by atoms with van der Waals surface area (Å²) in [5.41, 5.74) is 1.01. The van der Waals surface area contributed by atoms with E-state index in [1.54, 1.807) is 6.92 Å². The number of nitrogens with one attached hydrogen (secondary N) is 1. The van der Waals surface area contributed by atoms with Crippen LogP contribution in [-0.4, -0.2) is 21.5 Å². The number of carbonyl (C=O) groups excluding carboxylic acids is 1. The molecule has 1 heterocycles. The van der Waals surface area contributed by atoms with Crippen LogP contribution in [0.3, 0.4) is 0 Å². The number of aryl methyl sites for hydroxylation is 1. The lowest BCUT2D eigenvalue weighted by Gasteiger charge is -2.02. The van der Waals surface area contributed by atoms with Crippen LogP contribution in [-0.2, 0) is 0 Å². The van der Waals surface area contributed by atoms with Gasteiger partial charge in [0.25, 0.3) is 5.56 Å². The number of benzene rings is 1. The maximum atomic E-state index is 12.8. The van der Waals surface area contributed by atoms with E-state index < -0.39 is 0 Å². The summed E-state index contributed by atoms with van der Waals surface area (Å²) < 4.78 is 12.8. The molecule has 21 heavy (non-hydrogen) atoms. The number of aromatic amines is 1. The second-order valence-electron chi connectivity index (χ2n) is 4.57. The van der Waals surface area contributed by atoms with Crippen LogP contribution in [0.2, 0.25) is 0 Å². The highest BCUT2D eigenvalue weighted by Crippen LogP contribution is 2.15. The van der Waals surface area contributed by atoms with Gasteiger partial charge in [-0.3, -0.25) is 9.59 Å². The number of H-pyrrole nitrogens is 1. The quantitative estimate of drug-likeness (QED) is 0.386. The molecule has 0 saturated carbocycles. The predicted octanol–water partition coefficient (Wildman–Crippen LogP) is 2.97. The van der Waals surface area contributed by atoms with Gasteiger partial charge in [-0.2, -0.15) is 0 Å². The van der Waals surface area contributed by atoms with Crippen molar-refractivity contribution < 1.29 is 9.18 Å². The van der Waals surface area contributed by atoms with E-state index in [-0.39, 0.29) is 17.2 Å². The van der Waals surface area contributed by atoms with E-state index >= 15 is 0 Å². The van der Waals surface area contributed by atoms with Gasteiger partial charge in [0.15, 0.2) is 10.9 Å². The molecule has 0 amide bonds. The molecule has 2 aromatic rings. The second-order valence-corrected chi connectivity index (χ2v) is 5.66. The SMILES string of the molecule is Cc1cc(=O)[nH]c(SCCCC(=O)c2ccc(F)cc2)n1. The van der Waals surface area contributed by atoms with Crippen molar-refractivity contribution in [2.45, 2.75) is 24.9 Å². The molecule has 0 aliphatic carbocycles. The number of hydrogen-bond acceptors (Lipinski definition) is 4. The molecule has 0 spiro atoms. The molecule has 0 atom stereocenters. The third kappa shape index (κ3) is 4.82. The predicted molar refractivity (Wildman–Crippen MR) is 80.3 cm³/mol. The second kappa shape index (κ2) is 7.17. The van der Waals surface area contributed by atoms with Crippen LogP contribution in [0.5, 0.6) is 0 Å². The minimum absolute atomic E-state index is 0.0127. The number of aromatic nitrogens is 2. The Hall–Kier alpha value is -1.95. The standard InChI is InChI=1S/C15H15FN2O2S/c1-10-9-14(20)18-15(17-10)21-8-2-3-13(19)11-4-6-12(16)7-5-11/h4-7,9H,2-3,8H2,1H3,(H,17,18,20). The van der Waals surface area contributed by atoms with E-state index in [2.05, 4.69) is 9.97 Å². The van der Waals surface area contributed by atoms with Crippen molar-refractivity contribution in [1.29, 1.82) is 0 Å². The number of thioether (sulfide) groups is 1. The van der Waals surface area contributed by atoms with Crippen LogP contribution in [0.15, 0.2) is 40.3 Å². The van der Waals surface area contributed by atoms with E-state index in [0.29, 0.717) is 35.0 Å². The van der Waals surface area contributed by atoms with Gasteiger partial charge in [-0.25, -0.2) is 9.37 Å². The lowest BCUT2D eigenvalue weighted by molar-refractivity contribution is 0.0982. The van der Waals surface area contributed by atoms with Gasteiger partial charge >= 0.3 is 0 Å². The summed E-state index contributed by atoms with van der Waals surface area (Å²) in [7, 11) is 0. The average molecular weight is 306 g/mol. The first-order valence-electron chi connectivity index (χ1n) is 6.54. The third-order valence-electron chi connectivity index (χ3n) is 2.80. The minimum atomic E-state index is -0.350. The first kappa shape index (κ1) is 15.4. The summed E-state index contributed by atoms with van der Waals surface area (Å²) in [6.45, 7) is 1.76. The molecule has 1 aromatic carbocycles. The molecule has 110 valence electrons. The lowest BCUT2D eigenvalue weighted by atomic mass is 10.1. The maximum Gasteiger partial charge on any atom is 0.251 e. The van der Waals surface area contributed by atoms with Crippen LogP contribution in [0.1, 0.15) is 28.9 Å². The van der Waals surface area contributed by atoms with Crippen molar-refractivity contribution in [2.75, 3.05) is 5.75 Å². The van der Waals surface area contributed by atoms with Gasteiger partial charge in [0.05, 0.1) is 0 Å². The zero-order chi connectivity index (χ0) is 15.2. The Morgan fingerprint density at radius 2 is 2.05 bits per heavy atom. The summed E-state index contributed by atoms with van der Waals surface area (Å²) in [6.07, 6.45) is 1.05. The molecule has 0 bridgehead atoms. The van der Waals surface area contributed by atoms with E-state index in [1.807, 2.05) is 0 Å². The van der Waals surface area contributed by atoms with Crippen LogP contribution in [0.4, 0.5) is 4.39 Å². The zero-order valence-electron chi connectivity index (χ0n) is 11.6. The summed E-state index contributed by atoms with van der Waals surface area (Å²) in [4.78, 5) is 30.0. The van der Waals surface area contributed by atoms with Crippen molar-refractivity contribution in [1.82, 2.24) is 9.97 Å². The van der Waals surface area contributed by atoms with E-state index in [4.69, 9.17) is 0 Å². The summed E-state index contributed by atoms with van der Waals surface area (Å²) >= 11 is 1.41. The van der Waals surface area contributed by atoms with Gasteiger partial charge in [-0.05, 0) is 37.6 Å². The minimum Gasteiger partial charge on any atom is -0.301 e. The molecule has 1 aromatic heterocycles. The number of halogens is 1. The van der Waals surface area contributed by atoms with Gasteiger partial charge in [-0.1, -0.05) is 11.8 Å². The van der Waals surface area contributed by atoms with Crippen LogP contribution in [0.25, 0.3) is 0 Å². The third-order valence-corrected chi connectivity index (χ3v) is 3.76. The van der Waals surface area contributed by atoms with Crippen molar-refractivity contribution in [3.63, 3.8) is 0 Å². The molecule has 0 fully saturated rings. The highest BCUT2D eigenvalue weighted by molar-refractivity contribution is 7.99. The molecule has 0 aliphatic rings. The number of carbonyl (C=O) groups is 1. The van der Waals surface area contributed by atoms with Crippen LogP contribution >= 0.6 is 11.8 Å². The molecule has 4 nitrogen and oxygen atoms in total. The monoisotopic (exact) mass is 306 g/mol. The number of Topliss-reactive ketones (excluding diaryl/α,β-unsaturated/α-hetero) is 1. The Bertz CT molecular complexity index is 683. The molecule has 0 radical (unpaired) electrons. The molecule has 1 N–H and O–H groups in total. The lowest BCUT2D eigenvalue weighted by Crippen LogP contribution is -2.08. The molecule has 6 heteroatoms. The molecular weight excluding hydrogens is 291 g/mol. The van der Waals surface area contributed by atoms with Crippen molar-refractivity contribution in [3.8, 4) is 0 Å². The van der Waals surface area contributed by atoms with E-state index in [1.165, 1.54) is 42.1 Å². The number of rotatable bonds is 6. The summed E-state index contributed by atoms with van der Waals surface area (Å²) in [5, 5.41) is 0.564. The smallest absolute Gasteiger partial charge is 0.251 e. The van der Waals surface area contributed by atoms with Gasteiger partial charge in [0.1, 0.15) is 5.82 Å². The van der Waals surface area contributed by atoms with Crippen LogP contribution < -0.4 is 5.56 Å². The highest BCUT2D eigenvalue weighted by atomic mass is 32.2. The van der Waals surface area contributed by atoms with Crippen molar-refractivity contribution in [3.05, 3.63) is 57.8 Å². The normalized spacial score (nSPS) is 10.6. The first-order valence-corrected chi connectivity index (χ1v) is 7.53. The molecular formula is C15H15FN2O2S. The molecule has 0 unspecified atom stereocenters. The van der Waals surface area contributed by atoms with Gasteiger partial charge < -0.3 is 4.98 Å². The Morgan fingerprint density at radius 1 is 1.33 bits per heavy atom. The maximum absolute atomic E-state index is 12.8. The van der Waals surface area contributed by atoms with Gasteiger partial charge in [0.2, 0.25) is 0 Å². The Balaban J connectivity index is 1.80. The van der Waals surface area contributed by atoms with E-state index in [0.717, 1.165) is 0 Å². The summed E-state index contributed by atoms with van der Waals surface area (Å²) in [6, 6.07) is 6.98. The fourth-order valence-electron chi connectivity index (χ4n) is 1.80. The number of nitrogens with zero attached hydrogens (tertiary/aromatic N) is 1. The first-order chi connectivity index (χ1) is 10.0. The largest absolute Gasteiger partial charge is 0.301 e. The molecule has 0 saturated heterocycles.